The van der Waals surface area contributed by atoms with E-state index in [9.17, 15) is 18.0 Å². The molecule has 1 aromatic rings. The standard InChI is InChI=1S/C18H26N2O5S/c1-19(2)16-6-4-14(5-7-16)11-20(3)17(21)12-25-18(22)10-15-8-9-26(23,24)13-15/h4-7,15H,8-13H2,1-3H3. The Morgan fingerprint density at radius 1 is 1.15 bits per heavy atom. The maximum atomic E-state index is 12.1. The van der Waals surface area contributed by atoms with Gasteiger partial charge in [-0.2, -0.15) is 0 Å². The summed E-state index contributed by atoms with van der Waals surface area (Å²) in [6.45, 7) is 0.0928. The van der Waals surface area contributed by atoms with Crippen LogP contribution in [0.1, 0.15) is 18.4 Å². The van der Waals surface area contributed by atoms with E-state index in [2.05, 4.69) is 0 Å². The topological polar surface area (TPSA) is 84.0 Å². The van der Waals surface area contributed by atoms with Crippen molar-refractivity contribution in [2.45, 2.75) is 19.4 Å². The number of nitrogens with zero attached hydrogens (tertiary/aromatic N) is 2. The highest BCUT2D eigenvalue weighted by Crippen LogP contribution is 2.21. The minimum atomic E-state index is -3.01. The van der Waals surface area contributed by atoms with Crippen LogP contribution in [-0.2, 0) is 30.7 Å². The van der Waals surface area contributed by atoms with Gasteiger partial charge in [-0.05, 0) is 30.0 Å². The Labute approximate surface area is 154 Å². The number of amides is 1. The smallest absolute Gasteiger partial charge is 0.306 e. The molecule has 1 unspecified atom stereocenters. The summed E-state index contributed by atoms with van der Waals surface area (Å²) in [7, 11) is 2.55. The van der Waals surface area contributed by atoms with Crippen LogP contribution in [0.5, 0.6) is 0 Å². The van der Waals surface area contributed by atoms with Gasteiger partial charge in [0.05, 0.1) is 11.5 Å². The number of rotatable bonds is 7. The summed E-state index contributed by atoms with van der Waals surface area (Å²) in [4.78, 5) is 27.4. The van der Waals surface area contributed by atoms with Crippen LogP contribution < -0.4 is 4.90 Å². The second kappa shape index (κ2) is 8.53. The van der Waals surface area contributed by atoms with Crippen molar-refractivity contribution in [2.75, 3.05) is 44.2 Å². The first kappa shape index (κ1) is 20.2. The van der Waals surface area contributed by atoms with Crippen LogP contribution in [0.3, 0.4) is 0 Å². The summed E-state index contributed by atoms with van der Waals surface area (Å²) >= 11 is 0. The van der Waals surface area contributed by atoms with Crippen molar-refractivity contribution in [1.82, 2.24) is 4.90 Å². The molecule has 2 rings (SSSR count). The molecule has 7 nitrogen and oxygen atoms in total. The largest absolute Gasteiger partial charge is 0.456 e. The minimum absolute atomic E-state index is 0.0267. The van der Waals surface area contributed by atoms with Crippen molar-refractivity contribution in [3.05, 3.63) is 29.8 Å². The third-order valence-electron chi connectivity index (χ3n) is 4.44. The van der Waals surface area contributed by atoms with Crippen LogP contribution in [0, 0.1) is 5.92 Å². The number of likely N-dealkylation sites (N-methyl/N-ethyl adjacent to an activating group) is 1. The number of benzene rings is 1. The summed E-state index contributed by atoms with van der Waals surface area (Å²) in [5, 5.41) is 0. The summed E-state index contributed by atoms with van der Waals surface area (Å²) in [5.74, 6) is -0.869. The zero-order chi connectivity index (χ0) is 19.3. The predicted molar refractivity (Wildman–Crippen MR) is 99.6 cm³/mol. The van der Waals surface area contributed by atoms with Gasteiger partial charge in [-0.1, -0.05) is 12.1 Å². The molecule has 1 saturated heterocycles. The lowest BCUT2D eigenvalue weighted by molar-refractivity contribution is -0.152. The highest BCUT2D eigenvalue weighted by atomic mass is 32.2. The average Bonchev–Trinajstić information content (AvgIpc) is 2.91. The molecule has 0 bridgehead atoms. The molecule has 26 heavy (non-hydrogen) atoms. The molecule has 0 spiro atoms. The van der Waals surface area contributed by atoms with Crippen molar-refractivity contribution < 1.29 is 22.7 Å². The molecule has 0 aromatic heterocycles. The SMILES string of the molecule is CN(Cc1ccc(N(C)C)cc1)C(=O)COC(=O)CC1CCS(=O)(=O)C1. The number of hydrogen-bond donors (Lipinski definition) is 0. The molecule has 1 atom stereocenters. The lowest BCUT2D eigenvalue weighted by Gasteiger charge is -2.18. The molecule has 1 fully saturated rings. The lowest BCUT2D eigenvalue weighted by Crippen LogP contribution is -2.31. The van der Waals surface area contributed by atoms with Gasteiger partial charge in [-0.25, -0.2) is 8.42 Å². The number of sulfone groups is 1. The fourth-order valence-electron chi connectivity index (χ4n) is 2.84. The van der Waals surface area contributed by atoms with Gasteiger partial charge in [-0.15, -0.1) is 0 Å². The quantitative estimate of drug-likeness (QED) is 0.656. The Kier molecular flexibility index (Phi) is 6.63. The van der Waals surface area contributed by atoms with Crippen LogP contribution >= 0.6 is 0 Å². The van der Waals surface area contributed by atoms with Gasteiger partial charge in [0.25, 0.3) is 5.91 Å². The first-order chi connectivity index (χ1) is 12.2. The highest BCUT2D eigenvalue weighted by molar-refractivity contribution is 7.91. The number of ether oxygens (including phenoxy) is 1. The highest BCUT2D eigenvalue weighted by Gasteiger charge is 2.30. The maximum Gasteiger partial charge on any atom is 0.306 e. The Balaban J connectivity index is 1.75. The first-order valence-corrected chi connectivity index (χ1v) is 10.3. The van der Waals surface area contributed by atoms with Crippen LogP contribution in [0.2, 0.25) is 0 Å². The molecule has 1 aliphatic rings. The van der Waals surface area contributed by atoms with E-state index in [4.69, 9.17) is 4.74 Å². The van der Waals surface area contributed by atoms with Gasteiger partial charge in [-0.3, -0.25) is 9.59 Å². The zero-order valence-electron chi connectivity index (χ0n) is 15.5. The van der Waals surface area contributed by atoms with E-state index in [1.54, 1.807) is 7.05 Å². The normalized spacial score (nSPS) is 18.3. The second-order valence-corrected chi connectivity index (χ2v) is 9.17. The molecule has 0 N–H and O–H groups in total. The average molecular weight is 382 g/mol. The molecule has 1 aliphatic heterocycles. The summed E-state index contributed by atoms with van der Waals surface area (Å²) in [5.41, 5.74) is 2.06. The molecular weight excluding hydrogens is 356 g/mol. The molecule has 144 valence electrons. The van der Waals surface area contributed by atoms with Crippen LogP contribution in [0.25, 0.3) is 0 Å². The van der Waals surface area contributed by atoms with E-state index in [0.29, 0.717) is 13.0 Å². The first-order valence-electron chi connectivity index (χ1n) is 8.52. The van der Waals surface area contributed by atoms with Crippen molar-refractivity contribution in [1.29, 1.82) is 0 Å². The van der Waals surface area contributed by atoms with Crippen molar-refractivity contribution in [2.24, 2.45) is 5.92 Å². The van der Waals surface area contributed by atoms with Crippen LogP contribution in [0.15, 0.2) is 24.3 Å². The lowest BCUT2D eigenvalue weighted by atomic mass is 10.1. The van der Waals surface area contributed by atoms with E-state index in [-0.39, 0.29) is 36.4 Å². The summed E-state index contributed by atoms with van der Waals surface area (Å²) < 4.78 is 27.8. The minimum Gasteiger partial charge on any atom is -0.456 e. The van der Waals surface area contributed by atoms with Crippen molar-refractivity contribution in [3.8, 4) is 0 Å². The Hall–Kier alpha value is -2.09. The molecular formula is C18H26N2O5S. The van der Waals surface area contributed by atoms with Crippen molar-refractivity contribution in [3.63, 3.8) is 0 Å². The van der Waals surface area contributed by atoms with Gasteiger partial charge in [0.15, 0.2) is 16.4 Å². The zero-order valence-corrected chi connectivity index (χ0v) is 16.3. The molecule has 0 aliphatic carbocycles. The monoisotopic (exact) mass is 382 g/mol. The van der Waals surface area contributed by atoms with Gasteiger partial charge in [0.1, 0.15) is 0 Å². The van der Waals surface area contributed by atoms with Gasteiger partial charge in [0, 0.05) is 39.8 Å². The molecule has 0 saturated carbocycles. The van der Waals surface area contributed by atoms with Gasteiger partial charge >= 0.3 is 5.97 Å². The fraction of sp³-hybridized carbons (Fsp3) is 0.556. The van der Waals surface area contributed by atoms with E-state index < -0.39 is 15.8 Å². The van der Waals surface area contributed by atoms with Gasteiger partial charge in [0.2, 0.25) is 0 Å². The third-order valence-corrected chi connectivity index (χ3v) is 6.27. The van der Waals surface area contributed by atoms with Crippen LogP contribution in [0.4, 0.5) is 5.69 Å². The second-order valence-electron chi connectivity index (χ2n) is 6.94. The van der Waals surface area contributed by atoms with Gasteiger partial charge < -0.3 is 14.5 Å². The third kappa shape index (κ3) is 6.01. The fourth-order valence-corrected chi connectivity index (χ4v) is 4.70. The number of carbonyl (C=O) groups is 2. The number of esters is 1. The number of anilines is 1. The van der Waals surface area contributed by atoms with E-state index >= 15 is 0 Å². The summed E-state index contributed by atoms with van der Waals surface area (Å²) in [6, 6.07) is 7.85. The number of carbonyl (C=O) groups excluding carboxylic acids is 2. The van der Waals surface area contributed by atoms with Crippen LogP contribution in [-0.4, -0.2) is 64.4 Å². The molecule has 1 amide bonds. The molecule has 1 heterocycles. The molecule has 0 radical (unpaired) electrons. The maximum absolute atomic E-state index is 12.1. The Morgan fingerprint density at radius 3 is 2.35 bits per heavy atom. The predicted octanol–water partition coefficient (Wildman–Crippen LogP) is 1.08. The molecule has 1 aromatic carbocycles. The van der Waals surface area contributed by atoms with E-state index in [1.807, 2.05) is 43.3 Å². The Bertz CT molecular complexity index is 743. The summed E-state index contributed by atoms with van der Waals surface area (Å²) in [6.07, 6.45) is 0.524. The molecule has 8 heteroatoms. The van der Waals surface area contributed by atoms with E-state index in [0.717, 1.165) is 11.3 Å². The van der Waals surface area contributed by atoms with Crippen molar-refractivity contribution >= 4 is 27.4 Å². The number of hydrogen-bond acceptors (Lipinski definition) is 6. The Morgan fingerprint density at radius 2 is 1.81 bits per heavy atom. The van der Waals surface area contributed by atoms with E-state index in [1.165, 1.54) is 4.90 Å².